The Bertz CT molecular complexity index is 511. The molecular weight excluding hydrogens is 230 g/mol. The van der Waals surface area contributed by atoms with E-state index >= 15 is 0 Å². The van der Waals surface area contributed by atoms with Crippen molar-refractivity contribution in [2.24, 2.45) is 5.14 Å². The highest BCUT2D eigenvalue weighted by molar-refractivity contribution is 7.92. The maximum absolute atomic E-state index is 11.1. The van der Waals surface area contributed by atoms with Gasteiger partial charge < -0.3 is 9.47 Å². The molecule has 5 nitrogen and oxygen atoms in total. The lowest BCUT2D eigenvalue weighted by atomic mass is 10.0. The van der Waals surface area contributed by atoms with E-state index in [0.29, 0.717) is 5.76 Å². The Balaban J connectivity index is 2.19. The van der Waals surface area contributed by atoms with Gasteiger partial charge >= 0.3 is 0 Å². The average molecular weight is 241 g/mol. The van der Waals surface area contributed by atoms with Crippen molar-refractivity contribution in [3.05, 3.63) is 47.2 Å². The van der Waals surface area contributed by atoms with Crippen molar-refractivity contribution in [2.45, 2.75) is 12.8 Å². The molecule has 0 bridgehead atoms. The zero-order chi connectivity index (χ0) is 11.6. The summed E-state index contributed by atoms with van der Waals surface area (Å²) in [7, 11) is -3.87. The molecule has 0 spiro atoms. The molecular formula is C10H11NO4S. The van der Waals surface area contributed by atoms with Crippen molar-refractivity contribution in [1.29, 1.82) is 0 Å². The van der Waals surface area contributed by atoms with Crippen LogP contribution in [0.3, 0.4) is 0 Å². The lowest BCUT2D eigenvalue weighted by Crippen LogP contribution is -2.19. The first kappa shape index (κ1) is 11.0. The fourth-order valence-corrected chi connectivity index (χ4v) is 1.78. The quantitative estimate of drug-likeness (QED) is 0.788. The van der Waals surface area contributed by atoms with Gasteiger partial charge in [0.25, 0.3) is 15.1 Å². The predicted molar refractivity (Wildman–Crippen MR) is 57.9 cm³/mol. The SMILES string of the molecule is NS(=O)(=O)C1=COC=C(C2=CC=CCC2)O1. The molecule has 16 heavy (non-hydrogen) atoms. The molecule has 2 aliphatic rings. The van der Waals surface area contributed by atoms with E-state index in [4.69, 9.17) is 14.6 Å². The average Bonchev–Trinajstić information content (AvgIpc) is 2.29. The Labute approximate surface area is 93.6 Å². The summed E-state index contributed by atoms with van der Waals surface area (Å²) in [5.74, 6) is 0.385. The molecule has 2 N–H and O–H groups in total. The van der Waals surface area contributed by atoms with Crippen LogP contribution in [0.25, 0.3) is 0 Å². The van der Waals surface area contributed by atoms with Gasteiger partial charge in [-0.3, -0.25) is 0 Å². The molecule has 0 amide bonds. The third-order valence-corrected chi connectivity index (χ3v) is 2.90. The molecule has 6 heteroatoms. The minimum Gasteiger partial charge on any atom is -0.464 e. The minimum absolute atomic E-state index is 0.375. The second-order valence-corrected chi connectivity index (χ2v) is 4.85. The number of nitrogens with two attached hydrogens (primary N) is 1. The molecule has 0 saturated carbocycles. The molecule has 0 fully saturated rings. The normalized spacial score (nSPS) is 20.2. The van der Waals surface area contributed by atoms with Gasteiger partial charge in [-0.2, -0.15) is 0 Å². The van der Waals surface area contributed by atoms with E-state index in [-0.39, 0.29) is 5.09 Å². The standard InChI is InChI=1S/C10H11NO4S/c11-16(12,13)10-7-14-6-9(15-10)8-4-2-1-3-5-8/h1-2,4,6-7H,3,5H2,(H2,11,12,13). The molecule has 0 atom stereocenters. The monoisotopic (exact) mass is 241 g/mol. The Morgan fingerprint density at radius 1 is 1.31 bits per heavy atom. The van der Waals surface area contributed by atoms with Gasteiger partial charge in [-0.1, -0.05) is 18.2 Å². The van der Waals surface area contributed by atoms with Crippen molar-refractivity contribution >= 4 is 10.0 Å². The Morgan fingerprint density at radius 3 is 2.75 bits per heavy atom. The Hall–Kier alpha value is -1.53. The first-order valence-electron chi connectivity index (χ1n) is 4.70. The number of hydrogen-bond donors (Lipinski definition) is 1. The molecule has 0 saturated heterocycles. The van der Waals surface area contributed by atoms with Crippen LogP contribution >= 0.6 is 0 Å². The van der Waals surface area contributed by atoms with Crippen LogP contribution in [-0.2, 0) is 19.5 Å². The highest BCUT2D eigenvalue weighted by Gasteiger charge is 2.22. The molecule has 1 heterocycles. The molecule has 2 rings (SSSR count). The van der Waals surface area contributed by atoms with Crippen molar-refractivity contribution in [3.63, 3.8) is 0 Å². The van der Waals surface area contributed by atoms with Crippen LogP contribution in [-0.4, -0.2) is 8.42 Å². The highest BCUT2D eigenvalue weighted by Crippen LogP contribution is 2.26. The topological polar surface area (TPSA) is 78.6 Å². The van der Waals surface area contributed by atoms with E-state index in [2.05, 4.69) is 0 Å². The predicted octanol–water partition coefficient (Wildman–Crippen LogP) is 1.24. The molecule has 86 valence electrons. The maximum Gasteiger partial charge on any atom is 0.274 e. The van der Waals surface area contributed by atoms with E-state index in [0.717, 1.165) is 24.7 Å². The van der Waals surface area contributed by atoms with Gasteiger partial charge in [-0.25, -0.2) is 13.6 Å². The third-order valence-electron chi connectivity index (χ3n) is 2.16. The number of sulfonamides is 1. The van der Waals surface area contributed by atoms with Crippen molar-refractivity contribution < 1.29 is 17.9 Å². The molecule has 1 aliphatic carbocycles. The summed E-state index contributed by atoms with van der Waals surface area (Å²) < 4.78 is 32.2. The smallest absolute Gasteiger partial charge is 0.274 e. The zero-order valence-corrected chi connectivity index (χ0v) is 9.24. The fraction of sp³-hybridized carbons (Fsp3) is 0.200. The summed E-state index contributed by atoms with van der Waals surface area (Å²) in [4.78, 5) is 0. The van der Waals surface area contributed by atoms with E-state index in [1.165, 1.54) is 6.26 Å². The van der Waals surface area contributed by atoms with Crippen LogP contribution in [0.4, 0.5) is 0 Å². The first-order chi connectivity index (χ1) is 7.57. The van der Waals surface area contributed by atoms with E-state index in [1.54, 1.807) is 0 Å². The van der Waals surface area contributed by atoms with Gasteiger partial charge in [0.2, 0.25) is 0 Å². The highest BCUT2D eigenvalue weighted by atomic mass is 32.2. The summed E-state index contributed by atoms with van der Waals surface area (Å²) >= 11 is 0. The lowest BCUT2D eigenvalue weighted by Gasteiger charge is -2.17. The number of ether oxygens (including phenoxy) is 2. The second kappa shape index (κ2) is 4.15. The van der Waals surface area contributed by atoms with Gasteiger partial charge in [0.05, 0.1) is 0 Å². The molecule has 0 aromatic heterocycles. The van der Waals surface area contributed by atoms with E-state index in [1.807, 2.05) is 18.2 Å². The second-order valence-electron chi connectivity index (χ2n) is 3.36. The fourth-order valence-electron chi connectivity index (χ4n) is 1.38. The lowest BCUT2D eigenvalue weighted by molar-refractivity contribution is 0.248. The van der Waals surface area contributed by atoms with Crippen molar-refractivity contribution in [1.82, 2.24) is 0 Å². The summed E-state index contributed by atoms with van der Waals surface area (Å²) in [6.45, 7) is 0. The number of rotatable bonds is 2. The van der Waals surface area contributed by atoms with Gasteiger partial charge in [0.1, 0.15) is 12.5 Å². The molecule has 0 aromatic rings. The Kier molecular flexibility index (Phi) is 2.84. The van der Waals surface area contributed by atoms with Crippen LogP contribution in [0.2, 0.25) is 0 Å². The summed E-state index contributed by atoms with van der Waals surface area (Å²) in [5.41, 5.74) is 0.886. The van der Waals surface area contributed by atoms with Crippen molar-refractivity contribution in [2.75, 3.05) is 0 Å². The Morgan fingerprint density at radius 2 is 2.12 bits per heavy atom. The first-order valence-corrected chi connectivity index (χ1v) is 6.24. The largest absolute Gasteiger partial charge is 0.464 e. The summed E-state index contributed by atoms with van der Waals surface area (Å²) in [5, 5.41) is 4.57. The number of allylic oxidation sites excluding steroid dienone is 4. The number of hydrogen-bond acceptors (Lipinski definition) is 4. The summed E-state index contributed by atoms with van der Waals surface area (Å²) in [6.07, 6.45) is 9.76. The zero-order valence-electron chi connectivity index (χ0n) is 8.42. The van der Waals surface area contributed by atoms with Gasteiger partial charge in [-0.05, 0) is 18.4 Å². The maximum atomic E-state index is 11.1. The van der Waals surface area contributed by atoms with Crippen LogP contribution in [0.15, 0.2) is 47.2 Å². The van der Waals surface area contributed by atoms with E-state index in [9.17, 15) is 8.42 Å². The van der Waals surface area contributed by atoms with Crippen molar-refractivity contribution in [3.8, 4) is 0 Å². The van der Waals surface area contributed by atoms with Crippen LogP contribution in [0, 0.1) is 0 Å². The molecule has 0 radical (unpaired) electrons. The minimum atomic E-state index is -3.87. The number of primary sulfonamides is 1. The van der Waals surface area contributed by atoms with Crippen LogP contribution < -0.4 is 5.14 Å². The molecule has 0 unspecified atom stereocenters. The van der Waals surface area contributed by atoms with Gasteiger partial charge in [0.15, 0.2) is 5.76 Å². The third kappa shape index (κ3) is 2.34. The van der Waals surface area contributed by atoms with Crippen LogP contribution in [0.1, 0.15) is 12.8 Å². The van der Waals surface area contributed by atoms with Gasteiger partial charge in [0, 0.05) is 0 Å². The van der Waals surface area contributed by atoms with E-state index < -0.39 is 10.0 Å². The molecule has 1 aliphatic heterocycles. The van der Waals surface area contributed by atoms with Gasteiger partial charge in [-0.15, -0.1) is 0 Å². The van der Waals surface area contributed by atoms with Crippen LogP contribution in [0.5, 0.6) is 0 Å². The summed E-state index contributed by atoms with van der Waals surface area (Å²) in [6, 6.07) is 0. The molecule has 0 aromatic carbocycles.